The average Bonchev–Trinajstić information content (AvgIpc) is 3.15. The van der Waals surface area contributed by atoms with E-state index in [0.717, 1.165) is 12.0 Å². The van der Waals surface area contributed by atoms with E-state index in [1.807, 2.05) is 47.4 Å². The molecule has 2 amide bonds. The van der Waals surface area contributed by atoms with Crippen LogP contribution in [0.5, 0.6) is 0 Å². The molecule has 0 saturated carbocycles. The van der Waals surface area contributed by atoms with Gasteiger partial charge in [0, 0.05) is 31.4 Å². The smallest absolute Gasteiger partial charge is 0.413 e. The molecule has 5 heteroatoms. The van der Waals surface area contributed by atoms with Gasteiger partial charge in [0.15, 0.2) is 0 Å². The SMILES string of the molecule is C=C/C=C\CCN(Cc1ccccc1)C(=O)C1=CN(C(=O)OCC)CC1. The molecule has 1 aromatic carbocycles. The highest BCUT2D eigenvalue weighted by molar-refractivity contribution is 5.94. The Morgan fingerprint density at radius 1 is 1.31 bits per heavy atom. The Hall–Kier alpha value is -2.82. The molecule has 1 heterocycles. The molecule has 0 spiro atoms. The van der Waals surface area contributed by atoms with Crippen LogP contribution in [0.4, 0.5) is 4.79 Å². The van der Waals surface area contributed by atoms with Gasteiger partial charge in [0.2, 0.25) is 0 Å². The maximum absolute atomic E-state index is 13.0. The molecule has 0 unspecified atom stereocenters. The first-order valence-corrected chi connectivity index (χ1v) is 8.90. The Balaban J connectivity index is 2.09. The van der Waals surface area contributed by atoms with Gasteiger partial charge in [-0.15, -0.1) is 0 Å². The van der Waals surface area contributed by atoms with Crippen LogP contribution in [0.2, 0.25) is 0 Å². The maximum Gasteiger partial charge on any atom is 0.413 e. The molecule has 1 aliphatic heterocycles. The third kappa shape index (κ3) is 5.62. The first-order chi connectivity index (χ1) is 12.7. The van der Waals surface area contributed by atoms with Crippen molar-refractivity contribution in [1.29, 1.82) is 0 Å². The van der Waals surface area contributed by atoms with Gasteiger partial charge in [-0.3, -0.25) is 9.69 Å². The van der Waals surface area contributed by atoms with E-state index in [1.165, 1.54) is 4.90 Å². The van der Waals surface area contributed by atoms with Crippen molar-refractivity contribution in [3.63, 3.8) is 0 Å². The number of benzene rings is 1. The maximum atomic E-state index is 13.0. The Morgan fingerprint density at radius 3 is 2.77 bits per heavy atom. The predicted octanol–water partition coefficient (Wildman–Crippen LogP) is 3.89. The van der Waals surface area contributed by atoms with Gasteiger partial charge in [0.05, 0.1) is 6.61 Å². The molecule has 0 fully saturated rings. The normalized spacial score (nSPS) is 13.6. The lowest BCUT2D eigenvalue weighted by atomic mass is 10.1. The average molecular weight is 354 g/mol. The van der Waals surface area contributed by atoms with Gasteiger partial charge in [0.25, 0.3) is 5.91 Å². The zero-order valence-corrected chi connectivity index (χ0v) is 15.3. The Bertz CT molecular complexity index is 680. The van der Waals surface area contributed by atoms with Crippen molar-refractivity contribution in [3.8, 4) is 0 Å². The molecule has 5 nitrogen and oxygen atoms in total. The number of carbonyl (C=O) groups is 2. The lowest BCUT2D eigenvalue weighted by Crippen LogP contribution is -2.32. The van der Waals surface area contributed by atoms with Gasteiger partial charge < -0.3 is 9.64 Å². The van der Waals surface area contributed by atoms with E-state index in [9.17, 15) is 9.59 Å². The summed E-state index contributed by atoms with van der Waals surface area (Å²) < 4.78 is 5.00. The van der Waals surface area contributed by atoms with Crippen LogP contribution in [-0.4, -0.2) is 41.5 Å². The summed E-state index contributed by atoms with van der Waals surface area (Å²) in [7, 11) is 0. The minimum Gasteiger partial charge on any atom is -0.449 e. The second-order valence-electron chi connectivity index (χ2n) is 5.96. The number of hydrogen-bond acceptors (Lipinski definition) is 3. The van der Waals surface area contributed by atoms with E-state index >= 15 is 0 Å². The fourth-order valence-corrected chi connectivity index (χ4v) is 2.75. The van der Waals surface area contributed by atoms with E-state index in [2.05, 4.69) is 6.58 Å². The largest absolute Gasteiger partial charge is 0.449 e. The first kappa shape index (κ1) is 19.5. The molecule has 1 aromatic rings. The zero-order chi connectivity index (χ0) is 18.8. The molecule has 0 N–H and O–H groups in total. The number of carbonyl (C=O) groups excluding carboxylic acids is 2. The van der Waals surface area contributed by atoms with E-state index in [-0.39, 0.29) is 5.91 Å². The summed E-state index contributed by atoms with van der Waals surface area (Å²) in [5.41, 5.74) is 1.72. The molecule has 26 heavy (non-hydrogen) atoms. The van der Waals surface area contributed by atoms with Crippen molar-refractivity contribution in [1.82, 2.24) is 9.80 Å². The molecule has 1 aliphatic rings. The second kappa shape index (κ2) is 10.2. The third-order valence-corrected chi connectivity index (χ3v) is 4.05. The van der Waals surface area contributed by atoms with Gasteiger partial charge in [0.1, 0.15) is 0 Å². The van der Waals surface area contributed by atoms with Gasteiger partial charge in [-0.25, -0.2) is 4.79 Å². The summed E-state index contributed by atoms with van der Waals surface area (Å²) in [6, 6.07) is 9.90. The van der Waals surface area contributed by atoms with E-state index in [1.54, 1.807) is 19.2 Å². The van der Waals surface area contributed by atoms with Crippen LogP contribution in [0.15, 0.2) is 66.9 Å². The van der Waals surface area contributed by atoms with Crippen molar-refractivity contribution in [2.45, 2.75) is 26.3 Å². The first-order valence-electron chi connectivity index (χ1n) is 8.90. The molecule has 0 saturated heterocycles. The second-order valence-corrected chi connectivity index (χ2v) is 5.96. The zero-order valence-electron chi connectivity index (χ0n) is 15.3. The lowest BCUT2D eigenvalue weighted by Gasteiger charge is -2.22. The van der Waals surface area contributed by atoms with Crippen LogP contribution < -0.4 is 0 Å². The van der Waals surface area contributed by atoms with Crippen molar-refractivity contribution < 1.29 is 14.3 Å². The number of nitrogens with zero attached hydrogens (tertiary/aromatic N) is 2. The highest BCUT2D eigenvalue weighted by Crippen LogP contribution is 2.19. The van der Waals surface area contributed by atoms with Gasteiger partial charge in [-0.2, -0.15) is 0 Å². The summed E-state index contributed by atoms with van der Waals surface area (Å²) in [5, 5.41) is 0. The Morgan fingerprint density at radius 2 is 2.08 bits per heavy atom. The fourth-order valence-electron chi connectivity index (χ4n) is 2.75. The van der Waals surface area contributed by atoms with E-state index in [4.69, 9.17) is 4.74 Å². The molecule has 0 aromatic heterocycles. The molecular formula is C21H26N2O3. The Labute approximate surface area is 155 Å². The van der Waals surface area contributed by atoms with Crippen LogP contribution in [0.3, 0.4) is 0 Å². The highest BCUT2D eigenvalue weighted by atomic mass is 16.6. The number of ether oxygens (including phenoxy) is 1. The van der Waals surface area contributed by atoms with Crippen LogP contribution in [0.25, 0.3) is 0 Å². The minimum atomic E-state index is -0.404. The lowest BCUT2D eigenvalue weighted by molar-refractivity contribution is -0.127. The summed E-state index contributed by atoms with van der Waals surface area (Å²) in [6.45, 7) is 7.37. The van der Waals surface area contributed by atoms with Gasteiger partial charge >= 0.3 is 6.09 Å². The minimum absolute atomic E-state index is 0.0346. The molecule has 0 radical (unpaired) electrons. The van der Waals surface area contributed by atoms with Crippen molar-refractivity contribution in [2.75, 3.05) is 19.7 Å². The highest BCUT2D eigenvalue weighted by Gasteiger charge is 2.26. The molecule has 138 valence electrons. The number of rotatable bonds is 8. The predicted molar refractivity (Wildman–Crippen MR) is 102 cm³/mol. The van der Waals surface area contributed by atoms with Crippen LogP contribution in [-0.2, 0) is 16.1 Å². The van der Waals surface area contributed by atoms with Crippen molar-refractivity contribution in [3.05, 3.63) is 72.5 Å². The summed E-state index contributed by atoms with van der Waals surface area (Å²) in [4.78, 5) is 28.1. The van der Waals surface area contributed by atoms with Crippen molar-refractivity contribution >= 4 is 12.0 Å². The molecule has 2 rings (SSSR count). The summed E-state index contributed by atoms with van der Waals surface area (Å²) >= 11 is 0. The third-order valence-electron chi connectivity index (χ3n) is 4.05. The summed E-state index contributed by atoms with van der Waals surface area (Å²) in [6.07, 6.45) is 8.11. The van der Waals surface area contributed by atoms with E-state index in [0.29, 0.717) is 38.2 Å². The molecule has 0 aliphatic carbocycles. The standard InChI is InChI=1S/C21H26N2O3/c1-3-5-6-10-14-22(16-18-11-8-7-9-12-18)20(24)19-13-15-23(17-19)21(25)26-4-2/h3,5-9,11-12,17H,1,4,10,13-16H2,2H3/b6-5-. The topological polar surface area (TPSA) is 49.9 Å². The number of amides is 2. The van der Waals surface area contributed by atoms with Crippen LogP contribution >= 0.6 is 0 Å². The van der Waals surface area contributed by atoms with Gasteiger partial charge in [-0.1, -0.05) is 55.1 Å². The monoisotopic (exact) mass is 354 g/mol. The fraction of sp³-hybridized carbons (Fsp3) is 0.333. The molecule has 0 atom stereocenters. The quantitative estimate of drug-likeness (QED) is 0.666. The van der Waals surface area contributed by atoms with Gasteiger partial charge in [-0.05, 0) is 25.3 Å². The van der Waals surface area contributed by atoms with E-state index < -0.39 is 6.09 Å². The summed E-state index contributed by atoms with van der Waals surface area (Å²) in [5.74, 6) is -0.0346. The molecule has 0 bridgehead atoms. The van der Waals surface area contributed by atoms with Crippen LogP contribution in [0, 0.1) is 0 Å². The number of hydrogen-bond donors (Lipinski definition) is 0. The Kier molecular flexibility index (Phi) is 7.68. The van der Waals surface area contributed by atoms with Crippen molar-refractivity contribution in [2.24, 2.45) is 0 Å². The molecular weight excluding hydrogens is 328 g/mol. The van der Waals surface area contributed by atoms with Crippen LogP contribution in [0.1, 0.15) is 25.3 Å². The number of allylic oxidation sites excluding steroid dienone is 2.